The van der Waals surface area contributed by atoms with E-state index in [9.17, 15) is 19.2 Å². The second kappa shape index (κ2) is 8.46. The number of nitrogens with one attached hydrogen (secondary N) is 1. The van der Waals surface area contributed by atoms with Gasteiger partial charge in [0.1, 0.15) is 0 Å². The highest BCUT2D eigenvalue weighted by Gasteiger charge is 2.32. The van der Waals surface area contributed by atoms with Crippen molar-refractivity contribution in [3.63, 3.8) is 0 Å². The summed E-state index contributed by atoms with van der Waals surface area (Å²) in [6, 6.07) is 9.20. The average Bonchev–Trinajstić information content (AvgIpc) is 2.91. The van der Waals surface area contributed by atoms with Gasteiger partial charge in [0.25, 0.3) is 17.7 Å². The van der Waals surface area contributed by atoms with Crippen LogP contribution in [0.4, 0.5) is 5.69 Å². The molecular formula is C20H14Cl2N2O5. The van der Waals surface area contributed by atoms with Crippen molar-refractivity contribution in [3.05, 3.63) is 69.2 Å². The Hall–Kier alpha value is -3.16. The van der Waals surface area contributed by atoms with E-state index in [0.717, 1.165) is 11.0 Å². The third-order valence-corrected chi connectivity index (χ3v) is 4.81. The molecule has 0 fully saturated rings. The number of carbonyl (C=O) groups is 4. The predicted molar refractivity (Wildman–Crippen MR) is 108 cm³/mol. The van der Waals surface area contributed by atoms with Gasteiger partial charge in [-0.1, -0.05) is 29.3 Å². The van der Waals surface area contributed by atoms with Crippen LogP contribution in [0.3, 0.4) is 0 Å². The Kier molecular flexibility index (Phi) is 6.00. The van der Waals surface area contributed by atoms with Gasteiger partial charge in [0.05, 0.1) is 21.2 Å². The Morgan fingerprint density at radius 1 is 1.03 bits per heavy atom. The van der Waals surface area contributed by atoms with Gasteiger partial charge in [-0.05, 0) is 42.0 Å². The number of halogens is 2. The summed E-state index contributed by atoms with van der Waals surface area (Å²) in [5, 5.41) is 3.26. The molecule has 7 nitrogen and oxygen atoms in total. The van der Waals surface area contributed by atoms with E-state index in [2.05, 4.69) is 5.32 Å². The standard InChI is InChI=1S/C20H14Cl2N2O5/c1-24-19(27)13-5-4-12(9-14(13)20(24)28)23-17(25)10-29-18(26)7-3-11-2-6-15(21)16(22)8-11/h2-9H,10H2,1H3,(H,23,25)/b7-3+. The molecule has 0 spiro atoms. The third-order valence-electron chi connectivity index (χ3n) is 4.07. The molecule has 3 rings (SSSR count). The minimum absolute atomic E-state index is 0.205. The van der Waals surface area contributed by atoms with Crippen LogP contribution in [0, 0.1) is 0 Å². The maximum Gasteiger partial charge on any atom is 0.331 e. The topological polar surface area (TPSA) is 92.8 Å². The minimum atomic E-state index is -0.720. The van der Waals surface area contributed by atoms with Crippen molar-refractivity contribution in [2.45, 2.75) is 0 Å². The first kappa shape index (κ1) is 20.6. The molecule has 0 unspecified atom stereocenters. The molecule has 9 heteroatoms. The van der Waals surface area contributed by atoms with Crippen molar-refractivity contribution in [3.8, 4) is 0 Å². The van der Waals surface area contributed by atoms with Crippen LogP contribution in [0.25, 0.3) is 6.08 Å². The lowest BCUT2D eigenvalue weighted by Gasteiger charge is -2.06. The van der Waals surface area contributed by atoms with Gasteiger partial charge in [-0.25, -0.2) is 4.79 Å². The Bertz CT molecular complexity index is 1060. The number of imide groups is 1. The highest BCUT2D eigenvalue weighted by atomic mass is 35.5. The van der Waals surface area contributed by atoms with E-state index in [4.69, 9.17) is 27.9 Å². The first-order valence-corrected chi connectivity index (χ1v) is 9.08. The number of anilines is 1. The third kappa shape index (κ3) is 4.64. The lowest BCUT2D eigenvalue weighted by atomic mass is 10.1. The van der Waals surface area contributed by atoms with E-state index in [1.165, 1.54) is 31.3 Å². The van der Waals surface area contributed by atoms with Crippen LogP contribution in [0.1, 0.15) is 26.3 Å². The van der Waals surface area contributed by atoms with Gasteiger partial charge in [-0.3, -0.25) is 19.3 Å². The molecule has 1 aliphatic heterocycles. The summed E-state index contributed by atoms with van der Waals surface area (Å²) in [5.74, 6) is -2.15. The van der Waals surface area contributed by atoms with Crippen molar-refractivity contribution in [2.24, 2.45) is 0 Å². The molecule has 3 amide bonds. The average molecular weight is 433 g/mol. The second-order valence-electron chi connectivity index (χ2n) is 6.09. The summed E-state index contributed by atoms with van der Waals surface area (Å²) in [6.07, 6.45) is 2.63. The van der Waals surface area contributed by atoms with Crippen LogP contribution in [0.15, 0.2) is 42.5 Å². The molecule has 0 aromatic heterocycles. The van der Waals surface area contributed by atoms with E-state index in [1.807, 2.05) is 0 Å². The summed E-state index contributed by atoms with van der Waals surface area (Å²) in [6.45, 7) is -0.519. The summed E-state index contributed by atoms with van der Waals surface area (Å²) < 4.78 is 4.87. The van der Waals surface area contributed by atoms with Gasteiger partial charge in [-0.2, -0.15) is 0 Å². The number of hydrogen-bond acceptors (Lipinski definition) is 5. The molecule has 0 radical (unpaired) electrons. The van der Waals surface area contributed by atoms with Gasteiger partial charge in [0.2, 0.25) is 0 Å². The van der Waals surface area contributed by atoms with E-state index >= 15 is 0 Å². The van der Waals surface area contributed by atoms with Crippen LogP contribution in [0.5, 0.6) is 0 Å². The number of nitrogens with zero attached hydrogens (tertiary/aromatic N) is 1. The van der Waals surface area contributed by atoms with Gasteiger partial charge in [-0.15, -0.1) is 0 Å². The fourth-order valence-electron chi connectivity index (χ4n) is 2.60. The monoisotopic (exact) mass is 432 g/mol. The number of ether oxygens (including phenoxy) is 1. The zero-order valence-electron chi connectivity index (χ0n) is 15.1. The summed E-state index contributed by atoms with van der Waals surface area (Å²) in [5.41, 5.74) is 1.43. The molecule has 1 aliphatic rings. The van der Waals surface area contributed by atoms with E-state index in [1.54, 1.807) is 18.2 Å². The molecule has 148 valence electrons. The van der Waals surface area contributed by atoms with Gasteiger partial charge >= 0.3 is 5.97 Å². The fourth-order valence-corrected chi connectivity index (χ4v) is 2.91. The van der Waals surface area contributed by atoms with Crippen molar-refractivity contribution in [2.75, 3.05) is 19.0 Å². The van der Waals surface area contributed by atoms with Crippen LogP contribution < -0.4 is 5.32 Å². The Balaban J connectivity index is 1.54. The van der Waals surface area contributed by atoms with E-state index < -0.39 is 30.3 Å². The van der Waals surface area contributed by atoms with Crippen LogP contribution >= 0.6 is 23.2 Å². The predicted octanol–water partition coefficient (Wildman–Crippen LogP) is 3.41. The quantitative estimate of drug-likeness (QED) is 0.443. The Morgan fingerprint density at radius 2 is 1.76 bits per heavy atom. The highest BCUT2D eigenvalue weighted by molar-refractivity contribution is 6.42. The van der Waals surface area contributed by atoms with E-state index in [-0.39, 0.29) is 11.1 Å². The molecule has 29 heavy (non-hydrogen) atoms. The number of esters is 1. The maximum absolute atomic E-state index is 12.0. The number of hydrogen-bond donors (Lipinski definition) is 1. The first-order valence-electron chi connectivity index (χ1n) is 8.32. The molecule has 1 N–H and O–H groups in total. The molecule has 0 aliphatic carbocycles. The van der Waals surface area contributed by atoms with Crippen molar-refractivity contribution in [1.29, 1.82) is 0 Å². The van der Waals surface area contributed by atoms with E-state index in [0.29, 0.717) is 21.3 Å². The Labute approximate surface area is 175 Å². The molecule has 0 saturated carbocycles. The number of rotatable bonds is 5. The van der Waals surface area contributed by atoms with Gasteiger partial charge < -0.3 is 10.1 Å². The normalized spacial score (nSPS) is 13.0. The number of benzene rings is 2. The lowest BCUT2D eigenvalue weighted by molar-refractivity contribution is -0.142. The van der Waals surface area contributed by atoms with Gasteiger partial charge in [0.15, 0.2) is 6.61 Å². The highest BCUT2D eigenvalue weighted by Crippen LogP contribution is 2.25. The zero-order valence-corrected chi connectivity index (χ0v) is 16.6. The molecule has 0 atom stereocenters. The zero-order chi connectivity index (χ0) is 21.1. The van der Waals surface area contributed by atoms with Gasteiger partial charge in [0, 0.05) is 18.8 Å². The SMILES string of the molecule is CN1C(=O)c2ccc(NC(=O)COC(=O)/C=C/c3ccc(Cl)c(Cl)c3)cc2C1=O. The first-order chi connectivity index (χ1) is 13.8. The maximum atomic E-state index is 12.0. The molecule has 2 aromatic carbocycles. The lowest BCUT2D eigenvalue weighted by Crippen LogP contribution is -2.24. The van der Waals surface area contributed by atoms with Crippen LogP contribution in [-0.4, -0.2) is 42.2 Å². The summed E-state index contributed by atoms with van der Waals surface area (Å²) in [4.78, 5) is 48.6. The Morgan fingerprint density at radius 3 is 2.48 bits per heavy atom. The second-order valence-corrected chi connectivity index (χ2v) is 6.91. The molecular weight excluding hydrogens is 419 g/mol. The molecule has 0 bridgehead atoms. The number of carbonyl (C=O) groups excluding carboxylic acids is 4. The van der Waals surface area contributed by atoms with Crippen LogP contribution in [0.2, 0.25) is 10.0 Å². The largest absolute Gasteiger partial charge is 0.452 e. The smallest absolute Gasteiger partial charge is 0.331 e. The van der Waals surface area contributed by atoms with Crippen molar-refractivity contribution < 1.29 is 23.9 Å². The molecule has 1 heterocycles. The molecule has 0 saturated heterocycles. The summed E-state index contributed by atoms with van der Waals surface area (Å²) in [7, 11) is 1.38. The molecule has 2 aromatic rings. The minimum Gasteiger partial charge on any atom is -0.452 e. The number of fused-ring (bicyclic) bond motifs is 1. The fraction of sp³-hybridized carbons (Fsp3) is 0.100. The van der Waals surface area contributed by atoms with Crippen LogP contribution in [-0.2, 0) is 14.3 Å². The summed E-state index contributed by atoms with van der Waals surface area (Å²) >= 11 is 11.7. The van der Waals surface area contributed by atoms with Crippen molar-refractivity contribution in [1.82, 2.24) is 4.90 Å². The van der Waals surface area contributed by atoms with Crippen molar-refractivity contribution >= 4 is 58.7 Å². The number of amides is 3.